The molecule has 0 bridgehead atoms. The van der Waals surface area contributed by atoms with Crippen molar-refractivity contribution in [2.75, 3.05) is 18.4 Å². The topological polar surface area (TPSA) is 69.6 Å². The van der Waals surface area contributed by atoms with Crippen molar-refractivity contribution in [1.82, 2.24) is 4.90 Å². The monoisotopic (exact) mass is 262 g/mol. The lowest BCUT2D eigenvalue weighted by Gasteiger charge is -2.21. The van der Waals surface area contributed by atoms with Crippen molar-refractivity contribution in [2.45, 2.75) is 25.8 Å². The number of carboxylic acid groups (broad SMARTS) is 1. The third kappa shape index (κ3) is 2.86. The van der Waals surface area contributed by atoms with Gasteiger partial charge in [-0.25, -0.2) is 4.79 Å². The number of carbonyl (C=O) groups excluding carboxylic acids is 1. The first-order valence-electron chi connectivity index (χ1n) is 6.51. The molecule has 2 N–H and O–H groups in total. The lowest BCUT2D eigenvalue weighted by atomic mass is 10.1. The summed E-state index contributed by atoms with van der Waals surface area (Å²) in [6.07, 6.45) is 1.29. The summed E-state index contributed by atoms with van der Waals surface area (Å²) >= 11 is 0. The van der Waals surface area contributed by atoms with Crippen LogP contribution in [-0.2, 0) is 4.79 Å². The van der Waals surface area contributed by atoms with Gasteiger partial charge in [-0.3, -0.25) is 4.79 Å². The highest BCUT2D eigenvalue weighted by molar-refractivity contribution is 5.97. The molecule has 1 fully saturated rings. The van der Waals surface area contributed by atoms with Crippen LogP contribution in [0.15, 0.2) is 24.3 Å². The molecule has 1 aliphatic heterocycles. The van der Waals surface area contributed by atoms with Crippen LogP contribution in [0.1, 0.15) is 30.1 Å². The highest BCUT2D eigenvalue weighted by Gasteiger charge is 2.34. The molecule has 1 heterocycles. The molecule has 0 saturated carbocycles. The van der Waals surface area contributed by atoms with Gasteiger partial charge in [-0.1, -0.05) is 0 Å². The van der Waals surface area contributed by atoms with Gasteiger partial charge in [0, 0.05) is 24.3 Å². The normalized spacial score (nSPS) is 18.4. The molecule has 1 aliphatic rings. The van der Waals surface area contributed by atoms with Crippen molar-refractivity contribution in [3.05, 3.63) is 29.8 Å². The summed E-state index contributed by atoms with van der Waals surface area (Å²) in [6.45, 7) is 3.34. The van der Waals surface area contributed by atoms with Gasteiger partial charge in [0.15, 0.2) is 0 Å². The molecule has 1 aromatic rings. The maximum absolute atomic E-state index is 12.3. The number of hydrogen-bond acceptors (Lipinski definition) is 3. The Bertz CT molecular complexity index is 470. The van der Waals surface area contributed by atoms with Crippen LogP contribution in [0.3, 0.4) is 0 Å². The molecule has 1 saturated heterocycles. The van der Waals surface area contributed by atoms with Crippen molar-refractivity contribution in [3.8, 4) is 0 Å². The molecular formula is C14H18N2O3. The maximum atomic E-state index is 12.3. The molecule has 1 amide bonds. The van der Waals surface area contributed by atoms with Crippen LogP contribution < -0.4 is 5.32 Å². The Hall–Kier alpha value is -2.04. The van der Waals surface area contributed by atoms with Crippen molar-refractivity contribution >= 4 is 17.6 Å². The smallest absolute Gasteiger partial charge is 0.326 e. The zero-order chi connectivity index (χ0) is 13.8. The van der Waals surface area contributed by atoms with Crippen molar-refractivity contribution in [2.24, 2.45) is 0 Å². The summed E-state index contributed by atoms with van der Waals surface area (Å²) in [5.41, 5.74) is 1.49. The standard InChI is InChI=1S/C14H18N2O3/c1-2-15-11-7-5-10(6-8-11)13(17)16-9-3-4-12(16)14(18)19/h5-8,12,15H,2-4,9H2,1H3,(H,18,19). The number of nitrogens with one attached hydrogen (secondary N) is 1. The average Bonchev–Trinajstić information content (AvgIpc) is 2.88. The number of nitrogens with zero attached hydrogens (tertiary/aromatic N) is 1. The molecule has 0 aromatic heterocycles. The van der Waals surface area contributed by atoms with Gasteiger partial charge >= 0.3 is 5.97 Å². The minimum absolute atomic E-state index is 0.201. The molecule has 2 rings (SSSR count). The van der Waals surface area contributed by atoms with E-state index in [0.29, 0.717) is 18.5 Å². The third-order valence-electron chi connectivity index (χ3n) is 3.31. The Kier molecular flexibility index (Phi) is 4.04. The molecular weight excluding hydrogens is 244 g/mol. The van der Waals surface area contributed by atoms with Crippen molar-refractivity contribution < 1.29 is 14.7 Å². The van der Waals surface area contributed by atoms with E-state index in [1.165, 1.54) is 4.90 Å². The number of anilines is 1. The average molecular weight is 262 g/mol. The van der Waals surface area contributed by atoms with E-state index in [1.54, 1.807) is 12.1 Å². The van der Waals surface area contributed by atoms with E-state index in [9.17, 15) is 9.59 Å². The van der Waals surface area contributed by atoms with Gasteiger partial charge in [0.05, 0.1) is 0 Å². The van der Waals surface area contributed by atoms with E-state index >= 15 is 0 Å². The van der Waals surface area contributed by atoms with E-state index < -0.39 is 12.0 Å². The maximum Gasteiger partial charge on any atom is 0.326 e. The molecule has 102 valence electrons. The fraction of sp³-hybridized carbons (Fsp3) is 0.429. The molecule has 1 aromatic carbocycles. The second kappa shape index (κ2) is 5.73. The van der Waals surface area contributed by atoms with E-state index in [-0.39, 0.29) is 5.91 Å². The Morgan fingerprint density at radius 3 is 2.63 bits per heavy atom. The predicted molar refractivity (Wildman–Crippen MR) is 72.3 cm³/mol. The second-order valence-electron chi connectivity index (χ2n) is 4.60. The first kappa shape index (κ1) is 13.4. The molecule has 0 spiro atoms. The quantitative estimate of drug-likeness (QED) is 0.868. The third-order valence-corrected chi connectivity index (χ3v) is 3.31. The number of likely N-dealkylation sites (tertiary alicyclic amines) is 1. The fourth-order valence-corrected chi connectivity index (χ4v) is 2.37. The number of amides is 1. The number of hydrogen-bond donors (Lipinski definition) is 2. The molecule has 5 nitrogen and oxygen atoms in total. The summed E-state index contributed by atoms with van der Waals surface area (Å²) in [4.78, 5) is 24.8. The minimum Gasteiger partial charge on any atom is -0.480 e. The van der Waals surface area contributed by atoms with Crippen LogP contribution in [0.4, 0.5) is 5.69 Å². The first-order valence-corrected chi connectivity index (χ1v) is 6.51. The SMILES string of the molecule is CCNc1ccc(C(=O)N2CCCC2C(=O)O)cc1. The molecule has 0 aliphatic carbocycles. The number of carbonyl (C=O) groups is 2. The number of aliphatic carboxylic acids is 1. The summed E-state index contributed by atoms with van der Waals surface area (Å²) in [5, 5.41) is 12.2. The predicted octanol–water partition coefficient (Wildman–Crippen LogP) is 1.81. The van der Waals surface area contributed by atoms with Gasteiger partial charge < -0.3 is 15.3 Å². The van der Waals surface area contributed by atoms with Crippen LogP contribution in [0.2, 0.25) is 0 Å². The van der Waals surface area contributed by atoms with Gasteiger partial charge in [-0.15, -0.1) is 0 Å². The van der Waals surface area contributed by atoms with Crippen LogP contribution in [0.5, 0.6) is 0 Å². The van der Waals surface area contributed by atoms with Crippen molar-refractivity contribution in [1.29, 1.82) is 0 Å². The van der Waals surface area contributed by atoms with Crippen LogP contribution >= 0.6 is 0 Å². The van der Waals surface area contributed by atoms with E-state index in [2.05, 4.69) is 5.32 Å². The summed E-state index contributed by atoms with van der Waals surface area (Å²) in [5.74, 6) is -1.12. The lowest BCUT2D eigenvalue weighted by molar-refractivity contribution is -0.141. The highest BCUT2D eigenvalue weighted by atomic mass is 16.4. The van der Waals surface area contributed by atoms with E-state index in [0.717, 1.165) is 18.7 Å². The van der Waals surface area contributed by atoms with Gasteiger partial charge in [0.1, 0.15) is 6.04 Å². The Labute approximate surface area is 112 Å². The van der Waals surface area contributed by atoms with Crippen LogP contribution in [0, 0.1) is 0 Å². The van der Waals surface area contributed by atoms with Crippen molar-refractivity contribution in [3.63, 3.8) is 0 Å². The number of carboxylic acids is 1. The van der Waals surface area contributed by atoms with Gasteiger partial charge in [0.25, 0.3) is 5.91 Å². The van der Waals surface area contributed by atoms with E-state index in [4.69, 9.17) is 5.11 Å². The Morgan fingerprint density at radius 2 is 2.05 bits per heavy atom. The molecule has 1 atom stereocenters. The number of rotatable bonds is 4. The molecule has 0 radical (unpaired) electrons. The lowest BCUT2D eigenvalue weighted by Crippen LogP contribution is -2.40. The van der Waals surface area contributed by atoms with Gasteiger partial charge in [-0.05, 0) is 44.0 Å². The zero-order valence-corrected chi connectivity index (χ0v) is 10.9. The Morgan fingerprint density at radius 1 is 1.37 bits per heavy atom. The summed E-state index contributed by atoms with van der Waals surface area (Å²) in [6, 6.07) is 6.46. The zero-order valence-electron chi connectivity index (χ0n) is 10.9. The second-order valence-corrected chi connectivity index (χ2v) is 4.60. The van der Waals surface area contributed by atoms with Gasteiger partial charge in [-0.2, -0.15) is 0 Å². The Balaban J connectivity index is 2.12. The highest BCUT2D eigenvalue weighted by Crippen LogP contribution is 2.21. The molecule has 5 heteroatoms. The van der Waals surface area contributed by atoms with Crippen LogP contribution in [0.25, 0.3) is 0 Å². The minimum atomic E-state index is -0.921. The largest absolute Gasteiger partial charge is 0.480 e. The summed E-state index contributed by atoms with van der Waals surface area (Å²) < 4.78 is 0. The molecule has 1 unspecified atom stereocenters. The fourth-order valence-electron chi connectivity index (χ4n) is 2.37. The first-order chi connectivity index (χ1) is 9.13. The van der Waals surface area contributed by atoms with Crippen LogP contribution in [-0.4, -0.2) is 41.0 Å². The summed E-state index contributed by atoms with van der Waals surface area (Å²) in [7, 11) is 0. The van der Waals surface area contributed by atoms with Gasteiger partial charge in [0.2, 0.25) is 0 Å². The molecule has 19 heavy (non-hydrogen) atoms. The number of benzene rings is 1. The van der Waals surface area contributed by atoms with E-state index in [1.807, 2.05) is 19.1 Å².